The fourth-order valence-electron chi connectivity index (χ4n) is 1.81. The first-order chi connectivity index (χ1) is 5.88. The summed E-state index contributed by atoms with van der Waals surface area (Å²) < 4.78 is 4.96. The van der Waals surface area contributed by atoms with Gasteiger partial charge in [-0.25, -0.2) is 4.79 Å². The Bertz CT molecular complexity index is 183. The maximum absolute atomic E-state index is 11.3. The molecule has 2 rings (SSSR count). The normalized spacial score (nSPS) is 28.2. The van der Waals surface area contributed by atoms with Gasteiger partial charge in [-0.05, 0) is 19.4 Å². The molecule has 5 heteroatoms. The van der Waals surface area contributed by atoms with Gasteiger partial charge >= 0.3 is 6.09 Å². The van der Waals surface area contributed by atoms with Crippen LogP contribution >= 0.6 is 12.4 Å². The highest BCUT2D eigenvalue weighted by Gasteiger charge is 2.29. The van der Waals surface area contributed by atoms with Gasteiger partial charge in [0.1, 0.15) is 0 Å². The van der Waals surface area contributed by atoms with E-state index in [1.165, 1.54) is 0 Å². The van der Waals surface area contributed by atoms with Crippen molar-refractivity contribution >= 4 is 18.5 Å². The van der Waals surface area contributed by atoms with Gasteiger partial charge in [-0.3, -0.25) is 0 Å². The fourth-order valence-corrected chi connectivity index (χ4v) is 1.81. The van der Waals surface area contributed by atoms with Crippen LogP contribution in [0.3, 0.4) is 0 Å². The van der Waals surface area contributed by atoms with Gasteiger partial charge in [0.2, 0.25) is 0 Å². The molecule has 2 aliphatic rings. The molecule has 0 radical (unpaired) electrons. The van der Waals surface area contributed by atoms with E-state index >= 15 is 0 Å². The lowest BCUT2D eigenvalue weighted by Crippen LogP contribution is -2.45. The second-order valence-electron chi connectivity index (χ2n) is 3.31. The fraction of sp³-hybridized carbons (Fsp3) is 0.875. The van der Waals surface area contributed by atoms with Crippen LogP contribution in [0.1, 0.15) is 12.8 Å². The number of halogens is 1. The molecule has 0 aliphatic carbocycles. The number of nitrogens with zero attached hydrogens (tertiary/aromatic N) is 1. The molecule has 1 atom stereocenters. The van der Waals surface area contributed by atoms with Gasteiger partial charge in [0, 0.05) is 19.1 Å². The van der Waals surface area contributed by atoms with Crippen LogP contribution in [0.5, 0.6) is 0 Å². The standard InChI is InChI=1S/C8H14N2O2.ClH/c11-8-10(4-1-5-12-8)7-2-3-9-6-7;/h7,9H,1-6H2;1H. The van der Waals surface area contributed by atoms with Crippen molar-refractivity contribution in [1.29, 1.82) is 0 Å². The van der Waals surface area contributed by atoms with Gasteiger partial charge in [0.05, 0.1) is 6.61 Å². The molecule has 1 amide bonds. The second kappa shape index (κ2) is 4.67. The van der Waals surface area contributed by atoms with E-state index in [-0.39, 0.29) is 18.5 Å². The van der Waals surface area contributed by atoms with Gasteiger partial charge in [-0.2, -0.15) is 0 Å². The summed E-state index contributed by atoms with van der Waals surface area (Å²) in [6.45, 7) is 3.41. The SMILES string of the molecule is Cl.O=C1OCCCN1C1CCNC1. The van der Waals surface area contributed by atoms with Gasteiger partial charge in [0.15, 0.2) is 0 Å². The summed E-state index contributed by atoms with van der Waals surface area (Å²) in [5.74, 6) is 0. The maximum atomic E-state index is 11.3. The van der Waals surface area contributed by atoms with Crippen molar-refractivity contribution in [3.8, 4) is 0 Å². The lowest BCUT2D eigenvalue weighted by Gasteiger charge is -2.30. The van der Waals surface area contributed by atoms with Gasteiger partial charge in [0.25, 0.3) is 0 Å². The van der Waals surface area contributed by atoms with Crippen LogP contribution < -0.4 is 5.32 Å². The number of ether oxygens (including phenoxy) is 1. The van der Waals surface area contributed by atoms with Crippen LogP contribution in [0.25, 0.3) is 0 Å². The molecule has 2 heterocycles. The number of amides is 1. The number of cyclic esters (lactones) is 1. The Morgan fingerprint density at radius 1 is 1.54 bits per heavy atom. The average molecular weight is 207 g/mol. The van der Waals surface area contributed by atoms with Crippen LogP contribution in [0.4, 0.5) is 4.79 Å². The van der Waals surface area contributed by atoms with E-state index in [1.54, 1.807) is 0 Å². The molecule has 0 saturated carbocycles. The molecule has 0 aromatic heterocycles. The first kappa shape index (κ1) is 10.6. The largest absolute Gasteiger partial charge is 0.449 e. The predicted molar refractivity (Wildman–Crippen MR) is 51.2 cm³/mol. The van der Waals surface area contributed by atoms with E-state index in [4.69, 9.17) is 4.74 Å². The first-order valence-corrected chi connectivity index (χ1v) is 4.52. The van der Waals surface area contributed by atoms with E-state index in [0.717, 1.165) is 32.5 Å². The first-order valence-electron chi connectivity index (χ1n) is 4.52. The Balaban J connectivity index is 0.000000845. The zero-order chi connectivity index (χ0) is 8.39. The number of rotatable bonds is 1. The average Bonchev–Trinajstić information content (AvgIpc) is 2.57. The van der Waals surface area contributed by atoms with Gasteiger partial charge < -0.3 is 15.0 Å². The third kappa shape index (κ3) is 2.25. The Morgan fingerprint density at radius 2 is 2.38 bits per heavy atom. The topological polar surface area (TPSA) is 41.6 Å². The second-order valence-corrected chi connectivity index (χ2v) is 3.31. The van der Waals surface area contributed by atoms with Crippen LogP contribution in [0.15, 0.2) is 0 Å². The minimum absolute atomic E-state index is 0. The van der Waals surface area contributed by atoms with E-state index < -0.39 is 0 Å². The van der Waals surface area contributed by atoms with Crippen molar-refractivity contribution in [2.45, 2.75) is 18.9 Å². The summed E-state index contributed by atoms with van der Waals surface area (Å²) in [6.07, 6.45) is 1.91. The molecular weight excluding hydrogens is 192 g/mol. The number of carbonyl (C=O) groups is 1. The van der Waals surface area contributed by atoms with Crippen LogP contribution in [0, 0.1) is 0 Å². The molecule has 2 fully saturated rings. The third-order valence-electron chi connectivity index (χ3n) is 2.48. The summed E-state index contributed by atoms with van der Waals surface area (Å²) in [5.41, 5.74) is 0. The lowest BCUT2D eigenvalue weighted by atomic mass is 10.2. The molecule has 0 aromatic carbocycles. The Labute approximate surface area is 84.0 Å². The number of carbonyl (C=O) groups excluding carboxylic acids is 1. The number of hydrogen-bond donors (Lipinski definition) is 1. The van der Waals surface area contributed by atoms with Gasteiger partial charge in [-0.15, -0.1) is 12.4 Å². The molecule has 0 bridgehead atoms. The van der Waals surface area contributed by atoms with E-state index in [2.05, 4.69) is 5.32 Å². The van der Waals surface area contributed by atoms with E-state index in [1.807, 2.05) is 4.90 Å². The van der Waals surface area contributed by atoms with Crippen molar-refractivity contribution in [2.24, 2.45) is 0 Å². The third-order valence-corrected chi connectivity index (χ3v) is 2.48. The Morgan fingerprint density at radius 3 is 3.00 bits per heavy atom. The van der Waals surface area contributed by atoms with Crippen LogP contribution in [0.2, 0.25) is 0 Å². The smallest absolute Gasteiger partial charge is 0.410 e. The molecule has 4 nitrogen and oxygen atoms in total. The van der Waals surface area contributed by atoms with Crippen molar-refractivity contribution in [2.75, 3.05) is 26.2 Å². The van der Waals surface area contributed by atoms with E-state index in [9.17, 15) is 4.79 Å². The zero-order valence-corrected chi connectivity index (χ0v) is 8.31. The summed E-state index contributed by atoms with van der Waals surface area (Å²) in [7, 11) is 0. The number of nitrogens with one attached hydrogen (secondary N) is 1. The highest BCUT2D eigenvalue weighted by molar-refractivity contribution is 5.85. The molecule has 76 valence electrons. The predicted octanol–water partition coefficient (Wildman–Crippen LogP) is 0.612. The summed E-state index contributed by atoms with van der Waals surface area (Å²) in [6, 6.07) is 0.373. The van der Waals surface area contributed by atoms with Crippen molar-refractivity contribution in [3.05, 3.63) is 0 Å². The minimum atomic E-state index is -0.130. The molecule has 0 spiro atoms. The number of hydrogen-bond acceptors (Lipinski definition) is 3. The highest BCUT2D eigenvalue weighted by Crippen LogP contribution is 2.13. The van der Waals surface area contributed by atoms with Crippen molar-refractivity contribution in [3.63, 3.8) is 0 Å². The van der Waals surface area contributed by atoms with Crippen molar-refractivity contribution in [1.82, 2.24) is 10.2 Å². The molecule has 1 unspecified atom stereocenters. The summed E-state index contributed by atoms with van der Waals surface area (Å²) in [5, 5.41) is 3.24. The molecule has 1 N–H and O–H groups in total. The van der Waals surface area contributed by atoms with E-state index in [0.29, 0.717) is 12.6 Å². The molecule has 2 saturated heterocycles. The van der Waals surface area contributed by atoms with Crippen molar-refractivity contribution < 1.29 is 9.53 Å². The summed E-state index contributed by atoms with van der Waals surface area (Å²) in [4.78, 5) is 13.1. The zero-order valence-electron chi connectivity index (χ0n) is 7.49. The lowest BCUT2D eigenvalue weighted by molar-refractivity contribution is 0.0584. The maximum Gasteiger partial charge on any atom is 0.410 e. The summed E-state index contributed by atoms with van der Waals surface area (Å²) >= 11 is 0. The minimum Gasteiger partial charge on any atom is -0.449 e. The molecule has 2 aliphatic heterocycles. The quantitative estimate of drug-likeness (QED) is 0.684. The molecule has 0 aromatic rings. The molecular formula is C8H15ClN2O2. The Kier molecular flexibility index (Phi) is 3.81. The highest BCUT2D eigenvalue weighted by atomic mass is 35.5. The van der Waals surface area contributed by atoms with Crippen LogP contribution in [-0.2, 0) is 4.74 Å². The molecule has 13 heavy (non-hydrogen) atoms. The van der Waals surface area contributed by atoms with Crippen LogP contribution in [-0.4, -0.2) is 43.3 Å². The Hall–Kier alpha value is -0.480. The monoisotopic (exact) mass is 206 g/mol. The van der Waals surface area contributed by atoms with Gasteiger partial charge in [-0.1, -0.05) is 0 Å².